The molecule has 6 nitrogen and oxygen atoms in total. The normalized spacial score (nSPS) is 18.3. The van der Waals surface area contributed by atoms with Crippen LogP contribution in [0.2, 0.25) is 0 Å². The Morgan fingerprint density at radius 2 is 1.57 bits per heavy atom. The SMILES string of the molecule is COCC=CCOc1cccc([C@@H](CCc2ccc(C)c(C)c2)OC(=O)[C@@H]2CCCCN2C(=O)[C@H](c2cccc(C)c2)C2CCCCC2)c1. The van der Waals surface area contributed by atoms with E-state index in [0.717, 1.165) is 67.4 Å². The number of methoxy groups -OCH3 is 1. The summed E-state index contributed by atoms with van der Waals surface area (Å²) >= 11 is 0. The van der Waals surface area contributed by atoms with Crippen LogP contribution < -0.4 is 4.74 Å². The standard InChI is InChI=1S/C43H55NO5/c1-31-14-12-18-37(28-31)41(35-15-6-5-7-16-35)42(45)44-25-9-8-20-39(44)43(46)49-40(24-23-34-22-21-32(2)33(3)29-34)36-17-13-19-38(30-36)48-27-11-10-26-47-4/h10-14,17-19,21-22,28-30,35,39-41H,5-9,15-16,20,23-27H2,1-4H3/t39-,40+,41-/m0/s1. The number of carbonyl (C=O) groups excluding carboxylic acids is 2. The number of piperidine rings is 1. The number of aryl methyl sites for hydroxylation is 4. The summed E-state index contributed by atoms with van der Waals surface area (Å²) in [5.41, 5.74) is 6.85. The molecule has 1 saturated carbocycles. The van der Waals surface area contributed by atoms with Gasteiger partial charge in [-0.05, 0) is 118 Å². The van der Waals surface area contributed by atoms with E-state index in [2.05, 4.69) is 63.2 Å². The van der Waals surface area contributed by atoms with Gasteiger partial charge in [-0.3, -0.25) is 4.79 Å². The minimum atomic E-state index is -0.591. The Balaban J connectivity index is 1.38. The molecule has 262 valence electrons. The second-order valence-corrected chi connectivity index (χ2v) is 14.0. The zero-order valence-electron chi connectivity index (χ0n) is 30.0. The Hall–Kier alpha value is -3.90. The van der Waals surface area contributed by atoms with Gasteiger partial charge in [-0.15, -0.1) is 0 Å². The van der Waals surface area contributed by atoms with Crippen LogP contribution in [0.5, 0.6) is 5.75 Å². The van der Waals surface area contributed by atoms with Crippen LogP contribution in [-0.2, 0) is 25.5 Å². The molecule has 0 N–H and O–H groups in total. The second kappa shape index (κ2) is 18.2. The summed E-state index contributed by atoms with van der Waals surface area (Å²) in [6, 6.07) is 22.2. The lowest BCUT2D eigenvalue weighted by Gasteiger charge is -2.39. The average Bonchev–Trinajstić information content (AvgIpc) is 3.12. The molecule has 3 atom stereocenters. The predicted octanol–water partition coefficient (Wildman–Crippen LogP) is 9.16. The third-order valence-electron chi connectivity index (χ3n) is 10.4. The first-order chi connectivity index (χ1) is 23.8. The van der Waals surface area contributed by atoms with Gasteiger partial charge in [-0.25, -0.2) is 4.79 Å². The number of hydrogen-bond acceptors (Lipinski definition) is 5. The van der Waals surface area contributed by atoms with E-state index in [9.17, 15) is 9.59 Å². The van der Waals surface area contributed by atoms with Crippen LogP contribution >= 0.6 is 0 Å². The average molecular weight is 666 g/mol. The van der Waals surface area contributed by atoms with Gasteiger partial charge in [-0.1, -0.05) is 85.5 Å². The van der Waals surface area contributed by atoms with E-state index in [-0.39, 0.29) is 17.8 Å². The van der Waals surface area contributed by atoms with Crippen molar-refractivity contribution in [2.45, 2.75) is 103 Å². The molecule has 6 heteroatoms. The second-order valence-electron chi connectivity index (χ2n) is 14.0. The van der Waals surface area contributed by atoms with Gasteiger partial charge in [0.05, 0.1) is 12.5 Å². The lowest BCUT2D eigenvalue weighted by Crippen LogP contribution is -2.51. The number of benzene rings is 3. The van der Waals surface area contributed by atoms with E-state index in [1.54, 1.807) is 7.11 Å². The summed E-state index contributed by atoms with van der Waals surface area (Å²) in [7, 11) is 1.66. The molecule has 0 unspecified atom stereocenters. The summed E-state index contributed by atoms with van der Waals surface area (Å²) in [5.74, 6) is 0.552. The van der Waals surface area contributed by atoms with E-state index in [0.29, 0.717) is 38.5 Å². The van der Waals surface area contributed by atoms with Crippen molar-refractivity contribution < 1.29 is 23.8 Å². The Labute approximate surface area is 293 Å². The van der Waals surface area contributed by atoms with Crippen molar-refractivity contribution >= 4 is 11.9 Å². The topological polar surface area (TPSA) is 65.1 Å². The lowest BCUT2D eigenvalue weighted by molar-refractivity contribution is -0.163. The number of carbonyl (C=O) groups is 2. The highest BCUT2D eigenvalue weighted by Gasteiger charge is 2.40. The van der Waals surface area contributed by atoms with Crippen LogP contribution in [0.1, 0.15) is 103 Å². The Bertz CT molecular complexity index is 1560. The molecule has 3 aromatic carbocycles. The molecule has 49 heavy (non-hydrogen) atoms. The molecule has 2 fully saturated rings. The number of esters is 1. The molecule has 0 bridgehead atoms. The Morgan fingerprint density at radius 1 is 0.816 bits per heavy atom. The zero-order valence-corrected chi connectivity index (χ0v) is 30.0. The predicted molar refractivity (Wildman–Crippen MR) is 196 cm³/mol. The van der Waals surface area contributed by atoms with Gasteiger partial charge in [0.15, 0.2) is 0 Å². The quantitative estimate of drug-likeness (QED) is 0.127. The van der Waals surface area contributed by atoms with E-state index < -0.39 is 12.1 Å². The largest absolute Gasteiger partial charge is 0.490 e. The number of ether oxygens (including phenoxy) is 3. The number of likely N-dealkylation sites (tertiary alicyclic amines) is 1. The van der Waals surface area contributed by atoms with Gasteiger partial charge in [0, 0.05) is 13.7 Å². The molecular weight excluding hydrogens is 610 g/mol. The summed E-state index contributed by atoms with van der Waals surface area (Å²) in [4.78, 5) is 30.8. The van der Waals surface area contributed by atoms with Gasteiger partial charge < -0.3 is 19.1 Å². The van der Waals surface area contributed by atoms with Crippen molar-refractivity contribution in [2.75, 3.05) is 26.9 Å². The van der Waals surface area contributed by atoms with Crippen LogP contribution in [0.15, 0.2) is 78.9 Å². The molecular formula is C43H55NO5. The molecule has 1 saturated heterocycles. The highest BCUT2D eigenvalue weighted by molar-refractivity contribution is 5.89. The Morgan fingerprint density at radius 3 is 2.35 bits per heavy atom. The molecule has 0 radical (unpaired) electrons. The Kier molecular flexibility index (Phi) is 13.5. The maximum atomic E-state index is 14.6. The van der Waals surface area contributed by atoms with E-state index >= 15 is 0 Å². The number of nitrogens with zero attached hydrogens (tertiary/aromatic N) is 1. The minimum absolute atomic E-state index is 0.0859. The molecule has 5 rings (SSSR count). The molecule has 1 aliphatic carbocycles. The van der Waals surface area contributed by atoms with Crippen molar-refractivity contribution in [2.24, 2.45) is 5.92 Å². The van der Waals surface area contributed by atoms with Crippen LogP contribution in [0.4, 0.5) is 0 Å². The molecule has 0 aromatic heterocycles. The number of hydrogen-bond donors (Lipinski definition) is 0. The van der Waals surface area contributed by atoms with Gasteiger partial charge in [0.1, 0.15) is 24.5 Å². The van der Waals surface area contributed by atoms with Gasteiger partial charge in [-0.2, -0.15) is 0 Å². The first kappa shape index (κ1) is 36.4. The molecule has 0 spiro atoms. The maximum absolute atomic E-state index is 14.6. The molecule has 1 aliphatic heterocycles. The van der Waals surface area contributed by atoms with Gasteiger partial charge in [0.25, 0.3) is 0 Å². The summed E-state index contributed by atoms with van der Waals surface area (Å²) in [6.45, 7) is 7.87. The van der Waals surface area contributed by atoms with Crippen LogP contribution in [-0.4, -0.2) is 49.7 Å². The highest BCUT2D eigenvalue weighted by Crippen LogP contribution is 2.39. The molecule has 1 amide bonds. The molecule has 3 aromatic rings. The van der Waals surface area contributed by atoms with E-state index in [4.69, 9.17) is 14.2 Å². The summed E-state index contributed by atoms with van der Waals surface area (Å²) in [6.07, 6.45) is 12.8. The number of rotatable bonds is 14. The van der Waals surface area contributed by atoms with Crippen LogP contribution in [0.3, 0.4) is 0 Å². The third-order valence-corrected chi connectivity index (χ3v) is 10.4. The van der Waals surface area contributed by atoms with Crippen LogP contribution in [0.25, 0.3) is 0 Å². The van der Waals surface area contributed by atoms with Crippen molar-refractivity contribution in [1.29, 1.82) is 0 Å². The van der Waals surface area contributed by atoms with Crippen molar-refractivity contribution in [3.8, 4) is 5.75 Å². The first-order valence-electron chi connectivity index (χ1n) is 18.3. The summed E-state index contributed by atoms with van der Waals surface area (Å²) < 4.78 is 17.6. The molecule has 1 heterocycles. The monoisotopic (exact) mass is 665 g/mol. The van der Waals surface area contributed by atoms with Gasteiger partial charge >= 0.3 is 5.97 Å². The fraction of sp³-hybridized carbons (Fsp3) is 0.488. The first-order valence-corrected chi connectivity index (χ1v) is 18.3. The van der Waals surface area contributed by atoms with E-state index in [1.807, 2.05) is 41.3 Å². The number of amides is 1. The van der Waals surface area contributed by atoms with Crippen molar-refractivity contribution in [3.05, 3.63) is 112 Å². The molecule has 2 aliphatic rings. The smallest absolute Gasteiger partial charge is 0.329 e. The van der Waals surface area contributed by atoms with Gasteiger partial charge in [0.2, 0.25) is 5.91 Å². The van der Waals surface area contributed by atoms with E-state index in [1.165, 1.54) is 23.1 Å². The lowest BCUT2D eigenvalue weighted by atomic mass is 9.75. The van der Waals surface area contributed by atoms with Crippen molar-refractivity contribution in [1.82, 2.24) is 4.90 Å². The maximum Gasteiger partial charge on any atom is 0.329 e. The summed E-state index contributed by atoms with van der Waals surface area (Å²) in [5, 5.41) is 0. The zero-order chi connectivity index (χ0) is 34.6. The highest BCUT2D eigenvalue weighted by atomic mass is 16.5. The fourth-order valence-electron chi connectivity index (χ4n) is 7.52. The third kappa shape index (κ3) is 10.1. The van der Waals surface area contributed by atoms with Crippen molar-refractivity contribution in [3.63, 3.8) is 0 Å². The van der Waals surface area contributed by atoms with Crippen LogP contribution in [0, 0.1) is 26.7 Å². The fourth-order valence-corrected chi connectivity index (χ4v) is 7.52. The minimum Gasteiger partial charge on any atom is -0.490 e.